The van der Waals surface area contributed by atoms with Crippen LogP contribution in [0, 0.1) is 6.92 Å². The number of amidine groups is 1. The Hall–Kier alpha value is -2.12. The number of nitrogens with zero attached hydrogens (tertiary/aromatic N) is 1. The number of rotatable bonds is 5. The fraction of sp³-hybridized carbons (Fsp3) is 0.263. The van der Waals surface area contributed by atoms with Crippen LogP contribution >= 0.6 is 11.8 Å². The molecule has 0 saturated heterocycles. The first-order valence-corrected chi connectivity index (χ1v) is 10.9. The number of hydrogen-bond acceptors (Lipinski definition) is 4. The van der Waals surface area contributed by atoms with Gasteiger partial charge in [0.25, 0.3) is 0 Å². The van der Waals surface area contributed by atoms with Gasteiger partial charge in [0.2, 0.25) is 0 Å². The molecular weight excluding hydrogens is 368 g/mol. The highest BCUT2D eigenvalue weighted by molar-refractivity contribution is 8.13. The molecule has 2 aromatic carbocycles. The van der Waals surface area contributed by atoms with E-state index in [1.165, 1.54) is 11.8 Å². The van der Waals surface area contributed by atoms with Crippen LogP contribution in [0.15, 0.2) is 64.5 Å². The summed E-state index contributed by atoms with van der Waals surface area (Å²) < 4.78 is 33.7. The Balaban J connectivity index is 2.51. The number of thioether (sulfide) groups is 1. The van der Waals surface area contributed by atoms with Crippen LogP contribution in [-0.2, 0) is 14.8 Å². The van der Waals surface area contributed by atoms with Crippen molar-refractivity contribution < 1.29 is 17.6 Å². The summed E-state index contributed by atoms with van der Waals surface area (Å²) >= 11 is 1.33. The largest absolute Gasteiger partial charge is 0.455 e. The molecule has 0 bridgehead atoms. The molecule has 26 heavy (non-hydrogen) atoms. The number of aryl methyl sites for hydroxylation is 1. The molecule has 0 radical (unpaired) electrons. The predicted molar refractivity (Wildman–Crippen MR) is 107 cm³/mol. The first-order valence-electron chi connectivity index (χ1n) is 8.23. The van der Waals surface area contributed by atoms with Crippen molar-refractivity contribution in [1.82, 2.24) is 0 Å². The highest BCUT2D eigenvalue weighted by atomic mass is 32.2. The zero-order valence-electron chi connectivity index (χ0n) is 15.1. The molecule has 0 heterocycles. The maximum Gasteiger partial charge on any atom is 0.365 e. The van der Waals surface area contributed by atoms with E-state index in [0.717, 1.165) is 12.0 Å². The standard InChI is InChI=1S/C19H22N2O3S2/c1-4-14-24-19(25-3)20-18(16-8-6-5-7-9-16)21-26(22,23)17-12-10-15(2)11-13-17/h5-13H,4,14H2,1-3H3/p+1. The summed E-state index contributed by atoms with van der Waals surface area (Å²) in [4.78, 5) is 4.60. The van der Waals surface area contributed by atoms with E-state index in [1.807, 2.05) is 38.3 Å². The van der Waals surface area contributed by atoms with Crippen LogP contribution in [0.25, 0.3) is 0 Å². The molecule has 0 aromatic heterocycles. The Labute approximate surface area is 159 Å². The first kappa shape index (κ1) is 20.2. The van der Waals surface area contributed by atoms with Crippen molar-refractivity contribution in [3.8, 4) is 0 Å². The summed E-state index contributed by atoms with van der Waals surface area (Å²) in [5, 5.41) is 0.414. The number of benzene rings is 2. The van der Waals surface area contributed by atoms with Crippen molar-refractivity contribution in [2.45, 2.75) is 25.2 Å². The molecule has 0 atom stereocenters. The van der Waals surface area contributed by atoms with Gasteiger partial charge in [0.15, 0.2) is 0 Å². The topological polar surface area (TPSA) is 69.7 Å². The van der Waals surface area contributed by atoms with Crippen LogP contribution in [0.4, 0.5) is 0 Å². The molecule has 0 unspecified atom stereocenters. The van der Waals surface area contributed by atoms with Crippen LogP contribution in [0.2, 0.25) is 0 Å². The maximum absolute atomic E-state index is 12.8. The van der Waals surface area contributed by atoms with Crippen molar-refractivity contribution in [1.29, 1.82) is 0 Å². The van der Waals surface area contributed by atoms with E-state index in [0.29, 0.717) is 17.4 Å². The van der Waals surface area contributed by atoms with Crippen LogP contribution in [0.5, 0.6) is 0 Å². The lowest BCUT2D eigenvalue weighted by Crippen LogP contribution is -2.76. The third-order valence-corrected chi connectivity index (χ3v) is 5.33. The Morgan fingerprint density at radius 1 is 1.12 bits per heavy atom. The number of aliphatic imine (C=N–C) groups is 1. The molecule has 1 N–H and O–H groups in total. The number of ether oxygens (including phenoxy) is 1. The molecule has 0 spiro atoms. The van der Waals surface area contributed by atoms with Gasteiger partial charge in [-0.25, -0.2) is 0 Å². The summed E-state index contributed by atoms with van der Waals surface area (Å²) in [7, 11) is -3.76. The van der Waals surface area contributed by atoms with E-state index in [1.54, 1.807) is 36.4 Å². The monoisotopic (exact) mass is 391 g/mol. The van der Waals surface area contributed by atoms with Crippen LogP contribution in [-0.4, -0.2) is 32.3 Å². The second-order valence-corrected chi connectivity index (χ2v) is 8.00. The maximum atomic E-state index is 12.8. The lowest BCUT2D eigenvalue weighted by Gasteiger charge is -2.02. The molecule has 0 amide bonds. The Morgan fingerprint density at radius 3 is 2.35 bits per heavy atom. The zero-order chi connectivity index (χ0) is 19.0. The van der Waals surface area contributed by atoms with Gasteiger partial charge in [-0.05, 0) is 55.6 Å². The van der Waals surface area contributed by atoms with Gasteiger partial charge in [0, 0.05) is 4.99 Å². The molecule has 0 aliphatic rings. The second kappa shape index (κ2) is 9.54. The van der Waals surface area contributed by atoms with Crippen LogP contribution in [0.3, 0.4) is 0 Å². The van der Waals surface area contributed by atoms with E-state index < -0.39 is 10.0 Å². The molecule has 2 aromatic rings. The zero-order valence-corrected chi connectivity index (χ0v) is 16.7. The van der Waals surface area contributed by atoms with Crippen LogP contribution in [0.1, 0.15) is 24.5 Å². The Morgan fingerprint density at radius 2 is 1.77 bits per heavy atom. The molecule has 0 aliphatic heterocycles. The van der Waals surface area contributed by atoms with Crippen molar-refractivity contribution in [2.24, 2.45) is 4.99 Å². The fourth-order valence-corrected chi connectivity index (χ4v) is 3.48. The Kier molecular flexibility index (Phi) is 7.41. The third kappa shape index (κ3) is 5.71. The second-order valence-electron chi connectivity index (χ2n) is 5.56. The number of nitrogens with one attached hydrogen (secondary N) is 1. The summed E-state index contributed by atoms with van der Waals surface area (Å²) in [5.74, 6) is 0.228. The molecule has 0 aliphatic carbocycles. The lowest BCUT2D eigenvalue weighted by molar-refractivity contribution is -0.267. The highest BCUT2D eigenvalue weighted by Gasteiger charge is 2.22. The molecular formula is C19H23N2O3S2+. The van der Waals surface area contributed by atoms with E-state index in [-0.39, 0.29) is 10.7 Å². The normalized spacial score (nSPS) is 12.9. The smallest absolute Gasteiger partial charge is 0.365 e. The molecule has 138 valence electrons. The average molecular weight is 392 g/mol. The minimum atomic E-state index is -3.76. The number of hydrogen-bond donors (Lipinski definition) is 1. The van der Waals surface area contributed by atoms with Crippen molar-refractivity contribution >= 4 is 32.9 Å². The van der Waals surface area contributed by atoms with E-state index in [9.17, 15) is 8.42 Å². The van der Waals surface area contributed by atoms with Gasteiger partial charge < -0.3 is 4.74 Å². The molecule has 0 fully saturated rings. The van der Waals surface area contributed by atoms with Gasteiger partial charge in [-0.1, -0.05) is 42.8 Å². The van der Waals surface area contributed by atoms with E-state index >= 15 is 0 Å². The van der Waals surface area contributed by atoms with Gasteiger partial charge in [-0.3, -0.25) is 0 Å². The minimum Gasteiger partial charge on any atom is -0.455 e. The van der Waals surface area contributed by atoms with Gasteiger partial charge >= 0.3 is 21.1 Å². The van der Waals surface area contributed by atoms with Crippen molar-refractivity contribution in [3.63, 3.8) is 0 Å². The Bertz CT molecular complexity index is 875. The molecule has 0 saturated carbocycles. The molecule has 2 rings (SSSR count). The van der Waals surface area contributed by atoms with Gasteiger partial charge in [0.05, 0.1) is 12.2 Å². The molecule has 7 heteroatoms. The summed E-state index contributed by atoms with van der Waals surface area (Å²) in [6.07, 6.45) is 2.68. The quantitative estimate of drug-likeness (QED) is 0.627. The predicted octanol–water partition coefficient (Wildman–Crippen LogP) is 2.36. The van der Waals surface area contributed by atoms with Crippen molar-refractivity contribution in [2.75, 3.05) is 12.9 Å². The third-order valence-electron chi connectivity index (χ3n) is 3.42. The lowest BCUT2D eigenvalue weighted by atomic mass is 10.2. The van der Waals surface area contributed by atoms with Gasteiger partial charge in [-0.2, -0.15) is 12.8 Å². The van der Waals surface area contributed by atoms with E-state index in [4.69, 9.17) is 4.74 Å². The minimum absolute atomic E-state index is 0.187. The van der Waals surface area contributed by atoms with Gasteiger partial charge in [-0.15, -0.1) is 0 Å². The van der Waals surface area contributed by atoms with Crippen molar-refractivity contribution in [3.05, 3.63) is 65.7 Å². The fourth-order valence-electron chi connectivity index (χ4n) is 2.06. The van der Waals surface area contributed by atoms with E-state index in [2.05, 4.69) is 9.39 Å². The summed E-state index contributed by atoms with van der Waals surface area (Å²) in [6.45, 7) is 4.43. The average Bonchev–Trinajstić information content (AvgIpc) is 2.65. The van der Waals surface area contributed by atoms with Gasteiger partial charge in [0.1, 0.15) is 4.90 Å². The number of sulfonamides is 1. The highest BCUT2D eigenvalue weighted by Crippen LogP contribution is 2.08. The SMILES string of the molecule is CCCOC(=NC(=[NH+]S(=O)(=O)c1ccc(C)cc1)c1ccccc1)SC. The summed E-state index contributed by atoms with van der Waals surface area (Å²) in [6, 6.07) is 15.8. The summed E-state index contributed by atoms with van der Waals surface area (Å²) in [5.41, 5.74) is 1.65. The van der Waals surface area contributed by atoms with Crippen LogP contribution < -0.4 is 4.40 Å². The molecule has 5 nitrogen and oxygen atoms in total. The first-order chi connectivity index (χ1) is 12.5.